The van der Waals surface area contributed by atoms with Crippen LogP contribution >= 0.6 is 11.3 Å². The molecule has 11 heteroatoms. The maximum absolute atomic E-state index is 12.8. The Kier molecular flexibility index (Phi) is 4.65. The lowest BCUT2D eigenvalue weighted by Gasteiger charge is -2.16. The van der Waals surface area contributed by atoms with Crippen molar-refractivity contribution in [2.45, 2.75) is 23.2 Å². The lowest BCUT2D eigenvalue weighted by Crippen LogP contribution is -2.41. The van der Waals surface area contributed by atoms with E-state index in [1.165, 1.54) is 12.3 Å². The molecule has 30 heavy (non-hydrogen) atoms. The number of likely N-dealkylation sites (tertiary alicyclic amines) is 1. The summed E-state index contributed by atoms with van der Waals surface area (Å²) in [6.45, 7) is 0.870. The van der Waals surface area contributed by atoms with Crippen molar-refractivity contribution < 1.29 is 17.7 Å². The normalized spacial score (nSPS) is 17.3. The SMILES string of the molecule is O=C1[C@@H](NS(=O)(=O)c2ccc(-c3ccon3)s2)CCN1Cc1cc2ccncc2[nH]1. The van der Waals surface area contributed by atoms with Gasteiger partial charge in [-0.1, -0.05) is 5.16 Å². The van der Waals surface area contributed by atoms with Crippen molar-refractivity contribution in [3.63, 3.8) is 0 Å². The van der Waals surface area contributed by atoms with Crippen molar-refractivity contribution in [1.82, 2.24) is 24.7 Å². The van der Waals surface area contributed by atoms with E-state index in [9.17, 15) is 13.2 Å². The van der Waals surface area contributed by atoms with Gasteiger partial charge in [-0.15, -0.1) is 11.3 Å². The second kappa shape index (κ2) is 7.35. The highest BCUT2D eigenvalue weighted by molar-refractivity contribution is 7.91. The summed E-state index contributed by atoms with van der Waals surface area (Å²) in [5.74, 6) is -0.233. The van der Waals surface area contributed by atoms with Gasteiger partial charge in [0.2, 0.25) is 5.91 Å². The molecule has 1 saturated heterocycles. The zero-order chi connectivity index (χ0) is 20.7. The molecule has 2 N–H and O–H groups in total. The van der Waals surface area contributed by atoms with Crippen LogP contribution in [0, 0.1) is 0 Å². The van der Waals surface area contributed by atoms with Crippen LogP contribution in [0.15, 0.2) is 57.7 Å². The molecule has 1 aliphatic heterocycles. The summed E-state index contributed by atoms with van der Waals surface area (Å²) in [4.78, 5) is 22.4. The fraction of sp³-hybridized carbons (Fsp3) is 0.211. The van der Waals surface area contributed by atoms with E-state index in [1.807, 2.05) is 12.1 Å². The third-order valence-electron chi connectivity index (χ3n) is 4.97. The molecular weight excluding hydrogens is 426 g/mol. The minimum absolute atomic E-state index is 0.134. The average molecular weight is 444 g/mol. The Labute approximate surface area is 175 Å². The van der Waals surface area contributed by atoms with E-state index in [-0.39, 0.29) is 10.1 Å². The van der Waals surface area contributed by atoms with E-state index in [4.69, 9.17) is 4.52 Å². The molecule has 0 bridgehead atoms. The minimum atomic E-state index is -3.82. The van der Waals surface area contributed by atoms with Crippen molar-refractivity contribution in [2.24, 2.45) is 0 Å². The highest BCUT2D eigenvalue weighted by Gasteiger charge is 2.35. The second-order valence-corrected chi connectivity index (χ2v) is 10.0. The molecule has 1 atom stereocenters. The van der Waals surface area contributed by atoms with Crippen LogP contribution in [-0.4, -0.2) is 46.9 Å². The number of hydrogen-bond acceptors (Lipinski definition) is 7. The molecule has 9 nitrogen and oxygen atoms in total. The number of nitrogens with zero attached hydrogens (tertiary/aromatic N) is 3. The van der Waals surface area contributed by atoms with Crippen molar-refractivity contribution in [1.29, 1.82) is 0 Å². The van der Waals surface area contributed by atoms with E-state index in [2.05, 4.69) is 19.8 Å². The maximum Gasteiger partial charge on any atom is 0.250 e. The van der Waals surface area contributed by atoms with Gasteiger partial charge < -0.3 is 14.4 Å². The number of aromatic amines is 1. The molecule has 0 radical (unpaired) electrons. The highest BCUT2D eigenvalue weighted by atomic mass is 32.2. The van der Waals surface area contributed by atoms with E-state index in [0.29, 0.717) is 30.1 Å². The third-order valence-corrected chi connectivity index (χ3v) is 8.04. The molecule has 1 fully saturated rings. The van der Waals surface area contributed by atoms with Crippen LogP contribution in [0.1, 0.15) is 12.1 Å². The van der Waals surface area contributed by atoms with Gasteiger partial charge >= 0.3 is 0 Å². The first-order valence-corrected chi connectivity index (χ1v) is 11.5. The number of carbonyl (C=O) groups is 1. The van der Waals surface area contributed by atoms with E-state index in [1.54, 1.807) is 29.4 Å². The first-order valence-electron chi connectivity index (χ1n) is 9.23. The molecule has 1 amide bonds. The van der Waals surface area contributed by atoms with Gasteiger partial charge in [0, 0.05) is 29.9 Å². The number of thiophene rings is 1. The van der Waals surface area contributed by atoms with Gasteiger partial charge in [0.05, 0.1) is 23.1 Å². The number of sulfonamides is 1. The highest BCUT2D eigenvalue weighted by Crippen LogP contribution is 2.30. The Balaban J connectivity index is 1.28. The van der Waals surface area contributed by atoms with Crippen LogP contribution in [0.2, 0.25) is 0 Å². The van der Waals surface area contributed by atoms with Crippen LogP contribution in [0.3, 0.4) is 0 Å². The number of fused-ring (bicyclic) bond motifs is 1. The Morgan fingerprint density at radius 3 is 3.00 bits per heavy atom. The topological polar surface area (TPSA) is 121 Å². The molecule has 0 aromatic carbocycles. The molecule has 0 unspecified atom stereocenters. The fourth-order valence-electron chi connectivity index (χ4n) is 3.52. The summed E-state index contributed by atoms with van der Waals surface area (Å²) in [6, 6.07) is 7.93. The number of pyridine rings is 1. The summed E-state index contributed by atoms with van der Waals surface area (Å²) in [6.07, 6.45) is 5.29. The minimum Gasteiger partial charge on any atom is -0.364 e. The van der Waals surface area contributed by atoms with Crippen molar-refractivity contribution >= 4 is 38.2 Å². The van der Waals surface area contributed by atoms with Gasteiger partial charge in [-0.3, -0.25) is 9.78 Å². The average Bonchev–Trinajstić information content (AvgIpc) is 3.50. The quantitative estimate of drug-likeness (QED) is 0.472. The zero-order valence-electron chi connectivity index (χ0n) is 15.6. The number of H-pyrrole nitrogens is 1. The maximum atomic E-state index is 12.8. The van der Waals surface area contributed by atoms with Crippen LogP contribution in [0.4, 0.5) is 0 Å². The van der Waals surface area contributed by atoms with E-state index in [0.717, 1.165) is 27.9 Å². The molecule has 154 valence electrons. The molecule has 0 aliphatic carbocycles. The summed E-state index contributed by atoms with van der Waals surface area (Å²) >= 11 is 1.08. The fourth-order valence-corrected chi connectivity index (χ4v) is 6.02. The van der Waals surface area contributed by atoms with Crippen LogP contribution in [0.25, 0.3) is 21.5 Å². The Hall–Kier alpha value is -3.02. The van der Waals surface area contributed by atoms with Gasteiger partial charge in [0.25, 0.3) is 10.0 Å². The number of aromatic nitrogens is 3. The molecule has 4 aromatic heterocycles. The zero-order valence-corrected chi connectivity index (χ0v) is 17.2. The molecule has 0 saturated carbocycles. The predicted octanol–water partition coefficient (Wildman–Crippen LogP) is 2.36. The Morgan fingerprint density at radius 2 is 2.20 bits per heavy atom. The van der Waals surface area contributed by atoms with Gasteiger partial charge in [-0.2, -0.15) is 4.72 Å². The van der Waals surface area contributed by atoms with Gasteiger partial charge in [-0.25, -0.2) is 8.42 Å². The van der Waals surface area contributed by atoms with Gasteiger partial charge in [0.1, 0.15) is 22.2 Å². The standard InChI is InChI=1S/C19H17N5O4S2/c25-19-15(4-7-24(19)11-13-9-12-3-6-20-10-16(12)21-13)23-30(26,27)18-2-1-17(29-18)14-5-8-28-22-14/h1-3,5-6,8-10,15,21,23H,4,7,11H2/t15-/m0/s1. The number of hydrogen-bond donors (Lipinski definition) is 2. The smallest absolute Gasteiger partial charge is 0.250 e. The van der Waals surface area contributed by atoms with Crippen molar-refractivity contribution in [3.05, 3.63) is 54.7 Å². The molecule has 5 heterocycles. The lowest BCUT2D eigenvalue weighted by molar-refractivity contribution is -0.129. The van der Waals surface area contributed by atoms with E-state index >= 15 is 0 Å². The van der Waals surface area contributed by atoms with Crippen LogP contribution in [0.5, 0.6) is 0 Å². The summed E-state index contributed by atoms with van der Waals surface area (Å²) in [5.41, 5.74) is 2.35. The third kappa shape index (κ3) is 3.51. The van der Waals surface area contributed by atoms with Gasteiger partial charge in [-0.05, 0) is 30.7 Å². The number of amides is 1. The van der Waals surface area contributed by atoms with Crippen LogP contribution < -0.4 is 4.72 Å². The first kappa shape index (κ1) is 19.0. The van der Waals surface area contributed by atoms with Gasteiger partial charge in [0.15, 0.2) is 0 Å². The largest absolute Gasteiger partial charge is 0.364 e. The summed E-state index contributed by atoms with van der Waals surface area (Å²) in [5, 5.41) is 4.83. The first-order chi connectivity index (χ1) is 14.5. The number of carbonyl (C=O) groups excluding carboxylic acids is 1. The Bertz CT molecular complexity index is 1280. The lowest BCUT2D eigenvalue weighted by atomic mass is 10.3. The van der Waals surface area contributed by atoms with E-state index < -0.39 is 16.1 Å². The predicted molar refractivity (Wildman–Crippen MR) is 110 cm³/mol. The second-order valence-electron chi connectivity index (χ2n) is 6.98. The molecular formula is C19H17N5O4S2. The molecule has 5 rings (SSSR count). The van der Waals surface area contributed by atoms with Crippen LogP contribution in [-0.2, 0) is 21.4 Å². The molecule has 1 aliphatic rings. The Morgan fingerprint density at radius 1 is 1.30 bits per heavy atom. The summed E-state index contributed by atoms with van der Waals surface area (Å²) in [7, 11) is -3.82. The number of rotatable bonds is 6. The molecule has 4 aromatic rings. The molecule has 0 spiro atoms. The number of nitrogens with one attached hydrogen (secondary N) is 2. The monoisotopic (exact) mass is 443 g/mol. The van der Waals surface area contributed by atoms with Crippen molar-refractivity contribution in [3.8, 4) is 10.6 Å². The van der Waals surface area contributed by atoms with Crippen molar-refractivity contribution in [2.75, 3.05) is 6.54 Å². The summed E-state index contributed by atoms with van der Waals surface area (Å²) < 4.78 is 33.0.